The molecular weight excluding hydrogens is 174 g/mol. The van der Waals surface area contributed by atoms with Crippen molar-refractivity contribution in [2.75, 3.05) is 13.6 Å². The van der Waals surface area contributed by atoms with E-state index in [1.54, 1.807) is 0 Å². The molecule has 1 fully saturated rings. The number of nitrogens with one attached hydrogen (secondary N) is 1. The number of Topliss-reactive ketones (excluding diaryl/α,β-unsaturated/α-hetero) is 1. The second kappa shape index (κ2) is 4.92. The third-order valence-corrected chi connectivity index (χ3v) is 3.26. The first-order valence-electron chi connectivity index (χ1n) is 5.77. The molecule has 82 valence electrons. The monoisotopic (exact) mass is 197 g/mol. The summed E-state index contributed by atoms with van der Waals surface area (Å²) in [6, 6.07) is 0. The fraction of sp³-hybridized carbons (Fsp3) is 0.917. The van der Waals surface area contributed by atoms with Crippen LogP contribution in [0.4, 0.5) is 0 Å². The van der Waals surface area contributed by atoms with Crippen LogP contribution >= 0.6 is 0 Å². The Labute approximate surface area is 87.5 Å². The molecule has 0 bridgehead atoms. The molecule has 0 saturated heterocycles. The predicted molar refractivity (Wildman–Crippen MR) is 59.3 cm³/mol. The minimum atomic E-state index is -0.184. The van der Waals surface area contributed by atoms with Gasteiger partial charge < -0.3 is 5.32 Å². The second-order valence-electron chi connectivity index (χ2n) is 5.11. The topological polar surface area (TPSA) is 29.1 Å². The van der Waals surface area contributed by atoms with Crippen LogP contribution in [0.15, 0.2) is 0 Å². The molecular formula is C12H23NO. The van der Waals surface area contributed by atoms with Crippen molar-refractivity contribution in [2.24, 2.45) is 11.3 Å². The van der Waals surface area contributed by atoms with Crippen LogP contribution in [0.3, 0.4) is 0 Å². The number of carbonyl (C=O) groups is 1. The molecule has 1 rings (SSSR count). The van der Waals surface area contributed by atoms with Crippen molar-refractivity contribution < 1.29 is 4.79 Å². The summed E-state index contributed by atoms with van der Waals surface area (Å²) in [5.41, 5.74) is -0.184. The van der Waals surface area contributed by atoms with Gasteiger partial charge in [0, 0.05) is 17.9 Å². The maximum atomic E-state index is 12.2. The number of hydrogen-bond donors (Lipinski definition) is 1. The van der Waals surface area contributed by atoms with Crippen LogP contribution in [-0.2, 0) is 4.79 Å². The van der Waals surface area contributed by atoms with Crippen LogP contribution in [0.5, 0.6) is 0 Å². The Bertz CT molecular complexity index is 192. The van der Waals surface area contributed by atoms with E-state index in [0.717, 1.165) is 19.4 Å². The van der Waals surface area contributed by atoms with Gasteiger partial charge in [-0.1, -0.05) is 33.1 Å². The summed E-state index contributed by atoms with van der Waals surface area (Å²) in [7, 11) is 1.91. The molecule has 2 nitrogen and oxygen atoms in total. The summed E-state index contributed by atoms with van der Waals surface area (Å²) in [5.74, 6) is 0.804. The van der Waals surface area contributed by atoms with Gasteiger partial charge in [-0.15, -0.1) is 0 Å². The van der Waals surface area contributed by atoms with Crippen molar-refractivity contribution >= 4 is 5.78 Å². The third-order valence-electron chi connectivity index (χ3n) is 3.26. The molecule has 0 aromatic rings. The second-order valence-corrected chi connectivity index (χ2v) is 5.11. The Kier molecular flexibility index (Phi) is 4.11. The van der Waals surface area contributed by atoms with Gasteiger partial charge in [-0.25, -0.2) is 0 Å². The van der Waals surface area contributed by atoms with Crippen LogP contribution in [0.2, 0.25) is 0 Å². The number of rotatable bonds is 4. The van der Waals surface area contributed by atoms with Crippen LogP contribution in [0, 0.1) is 11.3 Å². The zero-order valence-electron chi connectivity index (χ0n) is 9.73. The molecule has 0 amide bonds. The lowest BCUT2D eigenvalue weighted by atomic mass is 9.75. The number of ketones is 1. The molecule has 14 heavy (non-hydrogen) atoms. The van der Waals surface area contributed by atoms with E-state index in [9.17, 15) is 4.79 Å². The summed E-state index contributed by atoms with van der Waals surface area (Å²) in [5, 5.41) is 3.11. The molecule has 1 aliphatic rings. The predicted octanol–water partition coefficient (Wildman–Crippen LogP) is 2.38. The van der Waals surface area contributed by atoms with Crippen LogP contribution in [-0.4, -0.2) is 19.4 Å². The van der Waals surface area contributed by atoms with E-state index in [1.165, 1.54) is 19.3 Å². The smallest absolute Gasteiger partial charge is 0.142 e. The quantitative estimate of drug-likeness (QED) is 0.749. The lowest BCUT2D eigenvalue weighted by Crippen LogP contribution is -2.39. The lowest BCUT2D eigenvalue weighted by Gasteiger charge is -2.30. The first kappa shape index (κ1) is 11.7. The fourth-order valence-electron chi connectivity index (χ4n) is 2.45. The highest BCUT2D eigenvalue weighted by Crippen LogP contribution is 2.30. The van der Waals surface area contributed by atoms with Gasteiger partial charge in [0.15, 0.2) is 0 Å². The van der Waals surface area contributed by atoms with Crippen LogP contribution in [0.1, 0.15) is 46.0 Å². The van der Waals surface area contributed by atoms with E-state index in [4.69, 9.17) is 0 Å². The van der Waals surface area contributed by atoms with Gasteiger partial charge >= 0.3 is 0 Å². The van der Waals surface area contributed by atoms with Crippen molar-refractivity contribution in [3.05, 3.63) is 0 Å². The summed E-state index contributed by atoms with van der Waals surface area (Å²) in [4.78, 5) is 12.2. The fourth-order valence-corrected chi connectivity index (χ4v) is 2.45. The minimum Gasteiger partial charge on any atom is -0.319 e. The summed E-state index contributed by atoms with van der Waals surface area (Å²) in [6.07, 6.45) is 6.03. The summed E-state index contributed by atoms with van der Waals surface area (Å²) >= 11 is 0. The summed E-state index contributed by atoms with van der Waals surface area (Å²) in [6.45, 7) is 4.91. The van der Waals surface area contributed by atoms with Crippen LogP contribution in [0.25, 0.3) is 0 Å². The molecule has 2 heteroatoms. The van der Waals surface area contributed by atoms with E-state index in [-0.39, 0.29) is 5.41 Å². The van der Waals surface area contributed by atoms with Gasteiger partial charge in [-0.2, -0.15) is 0 Å². The highest BCUT2D eigenvalue weighted by atomic mass is 16.1. The molecule has 0 unspecified atom stereocenters. The Morgan fingerprint density at radius 1 is 1.29 bits per heavy atom. The van der Waals surface area contributed by atoms with E-state index < -0.39 is 0 Å². The van der Waals surface area contributed by atoms with E-state index >= 15 is 0 Å². The molecule has 0 spiro atoms. The van der Waals surface area contributed by atoms with E-state index in [2.05, 4.69) is 19.2 Å². The lowest BCUT2D eigenvalue weighted by molar-refractivity contribution is -0.132. The minimum absolute atomic E-state index is 0.184. The highest BCUT2D eigenvalue weighted by molar-refractivity contribution is 5.86. The van der Waals surface area contributed by atoms with E-state index in [1.807, 2.05) is 7.05 Å². The Morgan fingerprint density at radius 3 is 2.36 bits per heavy atom. The number of carbonyl (C=O) groups excluding carboxylic acids is 1. The van der Waals surface area contributed by atoms with Crippen molar-refractivity contribution in [3.8, 4) is 0 Å². The van der Waals surface area contributed by atoms with Gasteiger partial charge in [0.05, 0.1) is 0 Å². The Morgan fingerprint density at radius 2 is 1.86 bits per heavy atom. The van der Waals surface area contributed by atoms with Crippen molar-refractivity contribution in [1.82, 2.24) is 5.32 Å². The SMILES string of the molecule is CNCC(C)(C)C(=O)C1CCCCC1. The molecule has 0 aromatic carbocycles. The van der Waals surface area contributed by atoms with Gasteiger partial charge in [0.1, 0.15) is 5.78 Å². The largest absolute Gasteiger partial charge is 0.319 e. The molecule has 0 atom stereocenters. The normalized spacial score (nSPS) is 19.6. The molecule has 1 aliphatic carbocycles. The summed E-state index contributed by atoms with van der Waals surface area (Å²) < 4.78 is 0. The van der Waals surface area contributed by atoms with Crippen molar-refractivity contribution in [1.29, 1.82) is 0 Å². The number of hydrogen-bond acceptors (Lipinski definition) is 2. The molecule has 0 aromatic heterocycles. The molecule has 0 aliphatic heterocycles. The maximum Gasteiger partial charge on any atom is 0.142 e. The molecule has 0 heterocycles. The standard InChI is InChI=1S/C12H23NO/c1-12(2,9-13-3)11(14)10-7-5-4-6-8-10/h10,13H,4-9H2,1-3H3. The van der Waals surface area contributed by atoms with E-state index in [0.29, 0.717) is 11.7 Å². The van der Waals surface area contributed by atoms with Gasteiger partial charge in [-0.3, -0.25) is 4.79 Å². The van der Waals surface area contributed by atoms with Crippen molar-refractivity contribution in [2.45, 2.75) is 46.0 Å². The van der Waals surface area contributed by atoms with Crippen LogP contribution < -0.4 is 5.32 Å². The van der Waals surface area contributed by atoms with Gasteiger partial charge in [0.2, 0.25) is 0 Å². The molecule has 1 saturated carbocycles. The highest BCUT2D eigenvalue weighted by Gasteiger charge is 2.33. The zero-order valence-corrected chi connectivity index (χ0v) is 9.73. The molecule has 0 radical (unpaired) electrons. The third kappa shape index (κ3) is 2.81. The first-order chi connectivity index (χ1) is 6.58. The Balaban J connectivity index is 2.53. The Hall–Kier alpha value is -0.370. The molecule has 1 N–H and O–H groups in total. The first-order valence-corrected chi connectivity index (χ1v) is 5.77. The van der Waals surface area contributed by atoms with Gasteiger partial charge in [-0.05, 0) is 19.9 Å². The zero-order chi connectivity index (χ0) is 10.6. The maximum absolute atomic E-state index is 12.2. The average Bonchev–Trinajstić information content (AvgIpc) is 2.18. The van der Waals surface area contributed by atoms with Gasteiger partial charge in [0.25, 0.3) is 0 Å². The van der Waals surface area contributed by atoms with Crippen molar-refractivity contribution in [3.63, 3.8) is 0 Å². The average molecular weight is 197 g/mol.